The number of carbonyl (C=O) groups is 1. The van der Waals surface area contributed by atoms with E-state index in [1.165, 1.54) is 12.1 Å². The number of halogens is 1. The molecule has 4 heterocycles. The van der Waals surface area contributed by atoms with Gasteiger partial charge in [0.25, 0.3) is 0 Å². The molecular weight excluding hydrogens is 461 g/mol. The van der Waals surface area contributed by atoms with E-state index in [1.54, 1.807) is 23.8 Å². The molecule has 36 heavy (non-hydrogen) atoms. The predicted octanol–water partition coefficient (Wildman–Crippen LogP) is 3.71. The molecule has 1 aromatic carbocycles. The van der Waals surface area contributed by atoms with Crippen LogP contribution in [0.1, 0.15) is 32.5 Å². The number of amides is 1. The number of piperazine rings is 1. The molecule has 0 saturated carbocycles. The summed E-state index contributed by atoms with van der Waals surface area (Å²) in [6, 6.07) is 6.57. The highest BCUT2D eigenvalue weighted by molar-refractivity contribution is 5.94. The van der Waals surface area contributed by atoms with Crippen molar-refractivity contribution in [3.8, 4) is 5.88 Å². The van der Waals surface area contributed by atoms with Crippen LogP contribution in [-0.4, -0.2) is 68.7 Å². The Labute approximate surface area is 208 Å². The number of fused-ring (bicyclic) bond motifs is 2. The zero-order valence-corrected chi connectivity index (χ0v) is 20.9. The number of carbonyl (C=O) groups excluding carboxylic acids is 1. The molecule has 1 saturated heterocycles. The molecule has 3 aromatic heterocycles. The lowest BCUT2D eigenvalue weighted by Gasteiger charge is -2.34. The van der Waals surface area contributed by atoms with Crippen LogP contribution >= 0.6 is 0 Å². The largest absolute Gasteiger partial charge is 0.493 e. The third-order valence-corrected chi connectivity index (χ3v) is 6.70. The van der Waals surface area contributed by atoms with Crippen molar-refractivity contribution < 1.29 is 14.3 Å². The van der Waals surface area contributed by atoms with Crippen LogP contribution < -0.4 is 9.80 Å². The predicted molar refractivity (Wildman–Crippen MR) is 138 cm³/mol. The zero-order valence-electron chi connectivity index (χ0n) is 20.9. The molecule has 10 heteroatoms. The number of nitrogens with zero attached hydrogens (tertiary/aromatic N) is 7. The number of hydrogen-bond acceptors (Lipinski definition) is 7. The summed E-state index contributed by atoms with van der Waals surface area (Å²) in [5, 5.41) is 13.4. The summed E-state index contributed by atoms with van der Waals surface area (Å²) >= 11 is 0. The van der Waals surface area contributed by atoms with Crippen LogP contribution in [0.15, 0.2) is 36.7 Å². The molecule has 9 nitrogen and oxygen atoms in total. The first-order valence-electron chi connectivity index (χ1n) is 12.1. The Morgan fingerprint density at radius 1 is 1.14 bits per heavy atom. The molecule has 5 rings (SSSR count). The van der Waals surface area contributed by atoms with Gasteiger partial charge in [-0.2, -0.15) is 4.98 Å². The van der Waals surface area contributed by atoms with Crippen LogP contribution in [0.3, 0.4) is 0 Å². The van der Waals surface area contributed by atoms with Crippen LogP contribution in [0.25, 0.3) is 21.7 Å². The molecule has 1 fully saturated rings. The smallest absolute Gasteiger partial charge is 0.228 e. The molecule has 0 aliphatic carbocycles. The van der Waals surface area contributed by atoms with Crippen molar-refractivity contribution in [2.75, 3.05) is 43.0 Å². The van der Waals surface area contributed by atoms with Crippen LogP contribution in [-0.2, 0) is 11.3 Å². The third kappa shape index (κ3) is 4.38. The van der Waals surface area contributed by atoms with Gasteiger partial charge in [0, 0.05) is 64.0 Å². The Morgan fingerprint density at radius 3 is 2.58 bits per heavy atom. The number of aromatic hydroxyl groups is 1. The topological polar surface area (TPSA) is 90.6 Å². The van der Waals surface area contributed by atoms with Gasteiger partial charge in [-0.15, -0.1) is 0 Å². The van der Waals surface area contributed by atoms with Gasteiger partial charge in [0.1, 0.15) is 17.2 Å². The fourth-order valence-corrected chi connectivity index (χ4v) is 4.67. The standard InChI is InChI=1S/C26H30FN7O2/c1-16(2)34-15-22-23(25(34)36)29-26(33-9-7-32(8-10-33)17(3)35)30-24(22)31(4)14-21-12-19-11-20(27)6-5-18(19)13-28-21/h5-6,11-13,15-16,36H,7-10,14H2,1-4H3. The van der Waals surface area contributed by atoms with Gasteiger partial charge in [0.05, 0.1) is 17.6 Å². The SMILES string of the molecule is CC(=O)N1CCN(c2nc(N(C)Cc3cc4cc(F)ccc4cn3)c3cn(C(C)C)c(O)c3n2)CC1. The maximum atomic E-state index is 13.8. The summed E-state index contributed by atoms with van der Waals surface area (Å²) in [4.78, 5) is 31.8. The molecule has 188 valence electrons. The molecule has 4 aromatic rings. The lowest BCUT2D eigenvalue weighted by atomic mass is 10.1. The summed E-state index contributed by atoms with van der Waals surface area (Å²) in [6.07, 6.45) is 3.62. The van der Waals surface area contributed by atoms with E-state index in [4.69, 9.17) is 9.97 Å². The molecule has 0 atom stereocenters. The van der Waals surface area contributed by atoms with Crippen molar-refractivity contribution in [3.05, 3.63) is 48.2 Å². The highest BCUT2D eigenvalue weighted by Crippen LogP contribution is 2.35. The van der Waals surface area contributed by atoms with Gasteiger partial charge in [-0.3, -0.25) is 9.78 Å². The Bertz CT molecular complexity index is 1440. The van der Waals surface area contributed by atoms with E-state index in [-0.39, 0.29) is 23.6 Å². The fraction of sp³-hybridized carbons (Fsp3) is 0.385. The van der Waals surface area contributed by atoms with Crippen molar-refractivity contribution in [1.29, 1.82) is 0 Å². The van der Waals surface area contributed by atoms with Crippen molar-refractivity contribution in [2.24, 2.45) is 0 Å². The number of aromatic nitrogens is 4. The lowest BCUT2D eigenvalue weighted by molar-refractivity contribution is -0.129. The van der Waals surface area contributed by atoms with Gasteiger partial charge in [-0.1, -0.05) is 0 Å². The molecule has 0 bridgehead atoms. The molecule has 0 radical (unpaired) electrons. The van der Waals surface area contributed by atoms with Crippen LogP contribution in [0.4, 0.5) is 16.2 Å². The van der Waals surface area contributed by atoms with E-state index in [0.29, 0.717) is 50.0 Å². The van der Waals surface area contributed by atoms with Crippen molar-refractivity contribution in [3.63, 3.8) is 0 Å². The summed E-state index contributed by atoms with van der Waals surface area (Å²) < 4.78 is 15.5. The molecule has 1 N–H and O–H groups in total. The first kappa shape index (κ1) is 23.8. The summed E-state index contributed by atoms with van der Waals surface area (Å²) in [6.45, 7) is 8.41. The quantitative estimate of drug-likeness (QED) is 0.455. The van der Waals surface area contributed by atoms with Crippen molar-refractivity contribution in [2.45, 2.75) is 33.4 Å². The van der Waals surface area contributed by atoms with E-state index in [9.17, 15) is 14.3 Å². The van der Waals surface area contributed by atoms with Gasteiger partial charge >= 0.3 is 0 Å². The molecule has 0 spiro atoms. The first-order chi connectivity index (χ1) is 17.2. The van der Waals surface area contributed by atoms with Gasteiger partial charge in [-0.05, 0) is 43.5 Å². The van der Waals surface area contributed by atoms with Crippen LogP contribution in [0, 0.1) is 5.82 Å². The summed E-state index contributed by atoms with van der Waals surface area (Å²) in [7, 11) is 1.92. The number of pyridine rings is 1. The van der Waals surface area contributed by atoms with Crippen LogP contribution in [0.5, 0.6) is 5.88 Å². The van der Waals surface area contributed by atoms with Crippen molar-refractivity contribution in [1.82, 2.24) is 24.4 Å². The summed E-state index contributed by atoms with van der Waals surface area (Å²) in [5.74, 6) is 1.05. The molecular formula is C26H30FN7O2. The number of benzene rings is 1. The third-order valence-electron chi connectivity index (χ3n) is 6.70. The molecule has 1 aliphatic heterocycles. The average molecular weight is 492 g/mol. The van der Waals surface area contributed by atoms with Gasteiger partial charge < -0.3 is 24.4 Å². The maximum absolute atomic E-state index is 13.8. The van der Waals surface area contributed by atoms with E-state index in [1.807, 2.05) is 47.9 Å². The molecule has 1 amide bonds. The Morgan fingerprint density at radius 2 is 1.89 bits per heavy atom. The van der Waals surface area contributed by atoms with E-state index < -0.39 is 0 Å². The first-order valence-corrected chi connectivity index (χ1v) is 12.1. The minimum absolute atomic E-state index is 0.0389. The molecule has 0 unspecified atom stereocenters. The highest BCUT2D eigenvalue weighted by Gasteiger charge is 2.25. The van der Waals surface area contributed by atoms with Gasteiger partial charge in [0.15, 0.2) is 0 Å². The second-order valence-corrected chi connectivity index (χ2v) is 9.58. The van der Waals surface area contributed by atoms with E-state index >= 15 is 0 Å². The fourth-order valence-electron chi connectivity index (χ4n) is 4.67. The zero-order chi connectivity index (χ0) is 25.6. The molecule has 1 aliphatic rings. The van der Waals surface area contributed by atoms with Crippen LogP contribution in [0.2, 0.25) is 0 Å². The average Bonchev–Trinajstić information content (AvgIpc) is 3.20. The maximum Gasteiger partial charge on any atom is 0.228 e. The minimum atomic E-state index is -0.287. The second kappa shape index (κ2) is 9.25. The normalized spacial score (nSPS) is 14.3. The Hall–Kier alpha value is -3.95. The minimum Gasteiger partial charge on any atom is -0.493 e. The lowest BCUT2D eigenvalue weighted by Crippen LogP contribution is -2.48. The highest BCUT2D eigenvalue weighted by atomic mass is 19.1. The number of anilines is 2. The van der Waals surface area contributed by atoms with E-state index in [2.05, 4.69) is 4.98 Å². The van der Waals surface area contributed by atoms with E-state index in [0.717, 1.165) is 21.9 Å². The number of hydrogen-bond donors (Lipinski definition) is 1. The second-order valence-electron chi connectivity index (χ2n) is 9.58. The van der Waals surface area contributed by atoms with Gasteiger partial charge in [0.2, 0.25) is 17.7 Å². The monoisotopic (exact) mass is 491 g/mol. The van der Waals surface area contributed by atoms with Gasteiger partial charge in [-0.25, -0.2) is 9.37 Å². The Kier molecular flexibility index (Phi) is 6.11. The number of rotatable bonds is 5. The summed E-state index contributed by atoms with van der Waals surface area (Å²) in [5.41, 5.74) is 1.25. The van der Waals surface area contributed by atoms with Crippen molar-refractivity contribution >= 4 is 39.3 Å². The Balaban J connectivity index is 1.53.